The Morgan fingerprint density at radius 3 is 2.54 bits per heavy atom. The van der Waals surface area contributed by atoms with Crippen LogP contribution in [0.15, 0.2) is 48.5 Å². The average Bonchev–Trinajstić information content (AvgIpc) is 2.88. The molecule has 0 saturated carbocycles. The molecule has 0 fully saturated rings. The maximum absolute atomic E-state index is 12.6. The summed E-state index contributed by atoms with van der Waals surface area (Å²) in [5, 5.41) is 8.16. The van der Waals surface area contributed by atoms with E-state index in [0.29, 0.717) is 21.3 Å². The van der Waals surface area contributed by atoms with E-state index < -0.39 is 0 Å². The molecule has 0 unspecified atom stereocenters. The summed E-state index contributed by atoms with van der Waals surface area (Å²) in [6.07, 6.45) is 0. The summed E-state index contributed by atoms with van der Waals surface area (Å²) in [7, 11) is 0. The quantitative estimate of drug-likeness (QED) is 0.711. The van der Waals surface area contributed by atoms with E-state index in [4.69, 9.17) is 23.2 Å². The van der Waals surface area contributed by atoms with Crippen molar-refractivity contribution in [3.05, 3.63) is 75.5 Å². The molecule has 122 valence electrons. The Morgan fingerprint density at radius 2 is 1.83 bits per heavy atom. The molecular formula is C18H15Cl2N3O. The second-order valence-corrected chi connectivity index (χ2v) is 6.28. The summed E-state index contributed by atoms with van der Waals surface area (Å²) >= 11 is 12.1. The number of aromatic nitrogens is 2. The number of amides is 1. The molecule has 4 nitrogen and oxygen atoms in total. The molecule has 3 aromatic rings. The van der Waals surface area contributed by atoms with E-state index in [0.717, 1.165) is 17.1 Å². The minimum Gasteiger partial charge on any atom is -0.320 e. The van der Waals surface area contributed by atoms with E-state index in [1.54, 1.807) is 22.9 Å². The van der Waals surface area contributed by atoms with Crippen LogP contribution in [0.1, 0.15) is 21.7 Å². The lowest BCUT2D eigenvalue weighted by Gasteiger charge is -2.13. The fraction of sp³-hybridized carbons (Fsp3) is 0.111. The molecule has 1 aromatic heterocycles. The number of benzene rings is 2. The maximum atomic E-state index is 12.6. The summed E-state index contributed by atoms with van der Waals surface area (Å²) < 4.78 is 1.80. The van der Waals surface area contributed by atoms with E-state index in [1.807, 2.05) is 44.2 Å². The van der Waals surface area contributed by atoms with Gasteiger partial charge in [0.15, 0.2) is 0 Å². The number of carbonyl (C=O) groups excluding carboxylic acids is 1. The first-order chi connectivity index (χ1) is 11.5. The van der Waals surface area contributed by atoms with Gasteiger partial charge in [-0.3, -0.25) is 4.79 Å². The van der Waals surface area contributed by atoms with E-state index in [9.17, 15) is 4.79 Å². The van der Waals surface area contributed by atoms with Crippen molar-refractivity contribution in [1.29, 1.82) is 0 Å². The van der Waals surface area contributed by atoms with Crippen molar-refractivity contribution < 1.29 is 4.79 Å². The van der Waals surface area contributed by atoms with Crippen LogP contribution in [0.25, 0.3) is 5.69 Å². The first kappa shape index (κ1) is 16.6. The van der Waals surface area contributed by atoms with Gasteiger partial charge in [0, 0.05) is 10.7 Å². The van der Waals surface area contributed by atoms with Gasteiger partial charge in [-0.05, 0) is 50.2 Å². The number of carbonyl (C=O) groups is 1. The van der Waals surface area contributed by atoms with E-state index in [2.05, 4.69) is 10.4 Å². The number of para-hydroxylation sites is 2. The SMILES string of the molecule is Cc1cc(C)n(-c2ccccc2NC(=O)c2cc(Cl)ccc2Cl)n1. The number of hydrogen-bond donors (Lipinski definition) is 1. The van der Waals surface area contributed by atoms with Gasteiger partial charge in [0.05, 0.1) is 27.7 Å². The molecular weight excluding hydrogens is 345 g/mol. The van der Waals surface area contributed by atoms with Gasteiger partial charge in [-0.1, -0.05) is 35.3 Å². The van der Waals surface area contributed by atoms with Crippen molar-refractivity contribution in [1.82, 2.24) is 9.78 Å². The molecule has 0 aliphatic carbocycles. The summed E-state index contributed by atoms with van der Waals surface area (Å²) in [6.45, 7) is 3.89. The third-order valence-corrected chi connectivity index (χ3v) is 4.13. The number of hydrogen-bond acceptors (Lipinski definition) is 2. The molecule has 0 aliphatic rings. The van der Waals surface area contributed by atoms with Crippen LogP contribution >= 0.6 is 23.2 Å². The number of halogens is 2. The first-order valence-corrected chi connectivity index (χ1v) is 8.10. The molecule has 0 saturated heterocycles. The lowest BCUT2D eigenvalue weighted by Crippen LogP contribution is -2.15. The van der Waals surface area contributed by atoms with Gasteiger partial charge in [0.2, 0.25) is 0 Å². The highest BCUT2D eigenvalue weighted by molar-refractivity contribution is 6.36. The zero-order chi connectivity index (χ0) is 17.3. The van der Waals surface area contributed by atoms with Crippen LogP contribution in [-0.2, 0) is 0 Å². The van der Waals surface area contributed by atoms with Crippen molar-refractivity contribution in [2.75, 3.05) is 5.32 Å². The van der Waals surface area contributed by atoms with Crippen LogP contribution in [0.5, 0.6) is 0 Å². The number of anilines is 1. The summed E-state index contributed by atoms with van der Waals surface area (Å²) in [5.41, 5.74) is 3.65. The van der Waals surface area contributed by atoms with Crippen LogP contribution in [-0.4, -0.2) is 15.7 Å². The van der Waals surface area contributed by atoms with Gasteiger partial charge in [0.1, 0.15) is 0 Å². The first-order valence-electron chi connectivity index (χ1n) is 7.35. The normalized spacial score (nSPS) is 10.7. The fourth-order valence-electron chi connectivity index (χ4n) is 2.50. The topological polar surface area (TPSA) is 46.9 Å². The van der Waals surface area contributed by atoms with Crippen molar-refractivity contribution in [2.45, 2.75) is 13.8 Å². The Balaban J connectivity index is 1.98. The lowest BCUT2D eigenvalue weighted by molar-refractivity contribution is 0.102. The summed E-state index contributed by atoms with van der Waals surface area (Å²) in [4.78, 5) is 12.6. The van der Waals surface area contributed by atoms with Crippen LogP contribution in [0.2, 0.25) is 10.0 Å². The second kappa shape index (κ2) is 6.67. The van der Waals surface area contributed by atoms with Crippen molar-refractivity contribution in [3.63, 3.8) is 0 Å². The van der Waals surface area contributed by atoms with Gasteiger partial charge < -0.3 is 5.32 Å². The van der Waals surface area contributed by atoms with Crippen LogP contribution in [0, 0.1) is 13.8 Å². The summed E-state index contributed by atoms with van der Waals surface area (Å²) in [5.74, 6) is -0.323. The smallest absolute Gasteiger partial charge is 0.257 e. The standard InChI is InChI=1S/C18H15Cl2N3O/c1-11-9-12(2)23(22-11)17-6-4-3-5-16(17)21-18(24)14-10-13(19)7-8-15(14)20/h3-10H,1-2H3,(H,21,24). The minimum atomic E-state index is -0.323. The highest BCUT2D eigenvalue weighted by Crippen LogP contribution is 2.25. The van der Waals surface area contributed by atoms with Crippen molar-refractivity contribution in [3.8, 4) is 5.69 Å². The van der Waals surface area contributed by atoms with E-state index >= 15 is 0 Å². The predicted molar refractivity (Wildman–Crippen MR) is 97.5 cm³/mol. The number of nitrogens with one attached hydrogen (secondary N) is 1. The van der Waals surface area contributed by atoms with Gasteiger partial charge in [-0.25, -0.2) is 4.68 Å². The Kier molecular flexibility index (Phi) is 4.60. The molecule has 1 N–H and O–H groups in total. The molecule has 24 heavy (non-hydrogen) atoms. The fourth-order valence-corrected chi connectivity index (χ4v) is 2.87. The Bertz CT molecular complexity index is 918. The molecule has 0 aliphatic heterocycles. The molecule has 0 bridgehead atoms. The largest absolute Gasteiger partial charge is 0.320 e. The van der Waals surface area contributed by atoms with Crippen molar-refractivity contribution in [2.24, 2.45) is 0 Å². The van der Waals surface area contributed by atoms with Crippen molar-refractivity contribution >= 4 is 34.8 Å². The molecule has 0 radical (unpaired) electrons. The average molecular weight is 360 g/mol. The Morgan fingerprint density at radius 1 is 1.08 bits per heavy atom. The second-order valence-electron chi connectivity index (χ2n) is 5.43. The highest BCUT2D eigenvalue weighted by atomic mass is 35.5. The van der Waals surface area contributed by atoms with Gasteiger partial charge >= 0.3 is 0 Å². The van der Waals surface area contributed by atoms with Crippen LogP contribution in [0.4, 0.5) is 5.69 Å². The van der Waals surface area contributed by atoms with Gasteiger partial charge in [-0.15, -0.1) is 0 Å². The maximum Gasteiger partial charge on any atom is 0.257 e. The molecule has 2 aromatic carbocycles. The molecule has 3 rings (SSSR count). The third-order valence-electron chi connectivity index (χ3n) is 3.56. The lowest BCUT2D eigenvalue weighted by atomic mass is 10.2. The van der Waals surface area contributed by atoms with E-state index in [-0.39, 0.29) is 5.91 Å². The van der Waals surface area contributed by atoms with E-state index in [1.165, 1.54) is 0 Å². The number of nitrogens with zero attached hydrogens (tertiary/aromatic N) is 2. The van der Waals surface area contributed by atoms with Crippen LogP contribution in [0.3, 0.4) is 0 Å². The Hall–Kier alpha value is -2.30. The third kappa shape index (κ3) is 3.30. The molecule has 1 heterocycles. The molecule has 0 atom stereocenters. The monoisotopic (exact) mass is 359 g/mol. The molecule has 6 heteroatoms. The Labute approximate surface area is 150 Å². The van der Waals surface area contributed by atoms with Crippen LogP contribution < -0.4 is 5.32 Å². The molecule has 1 amide bonds. The zero-order valence-electron chi connectivity index (χ0n) is 13.2. The molecule has 0 spiro atoms. The number of rotatable bonds is 3. The van der Waals surface area contributed by atoms with Gasteiger partial charge in [0.25, 0.3) is 5.91 Å². The highest BCUT2D eigenvalue weighted by Gasteiger charge is 2.15. The predicted octanol–water partition coefficient (Wildman–Crippen LogP) is 5.05. The minimum absolute atomic E-state index is 0.323. The summed E-state index contributed by atoms with van der Waals surface area (Å²) in [6, 6.07) is 14.2. The zero-order valence-corrected chi connectivity index (χ0v) is 14.7. The number of aryl methyl sites for hydroxylation is 2. The van der Waals surface area contributed by atoms with Gasteiger partial charge in [-0.2, -0.15) is 5.10 Å².